The van der Waals surface area contributed by atoms with E-state index in [1.165, 1.54) is 7.11 Å². The predicted molar refractivity (Wildman–Crippen MR) is 105 cm³/mol. The van der Waals surface area contributed by atoms with E-state index in [1.54, 1.807) is 30.3 Å². The van der Waals surface area contributed by atoms with Crippen molar-refractivity contribution >= 4 is 15.7 Å². The molecular formula is C21H21F4NO4S. The highest BCUT2D eigenvalue weighted by Crippen LogP contribution is 2.36. The van der Waals surface area contributed by atoms with Crippen molar-refractivity contribution in [1.29, 1.82) is 0 Å². The van der Waals surface area contributed by atoms with Crippen LogP contribution in [0.25, 0.3) is 0 Å². The van der Waals surface area contributed by atoms with Crippen LogP contribution in [0.15, 0.2) is 59.5 Å². The van der Waals surface area contributed by atoms with Crippen LogP contribution in [0.1, 0.15) is 28.8 Å². The van der Waals surface area contributed by atoms with E-state index >= 15 is 4.39 Å². The van der Waals surface area contributed by atoms with Crippen molar-refractivity contribution in [2.75, 3.05) is 7.11 Å². The molecule has 2 aromatic rings. The summed E-state index contributed by atoms with van der Waals surface area (Å²) in [5.74, 6) is -0.438. The lowest BCUT2D eigenvalue weighted by Gasteiger charge is -2.37. The first-order valence-corrected chi connectivity index (χ1v) is 11.0. The van der Waals surface area contributed by atoms with Gasteiger partial charge in [-0.3, -0.25) is 4.79 Å². The van der Waals surface area contributed by atoms with Crippen molar-refractivity contribution in [2.24, 2.45) is 0 Å². The van der Waals surface area contributed by atoms with Crippen LogP contribution < -0.4 is 5.32 Å². The van der Waals surface area contributed by atoms with Gasteiger partial charge in [-0.05, 0) is 36.8 Å². The Morgan fingerprint density at radius 3 is 2.35 bits per heavy atom. The van der Waals surface area contributed by atoms with Gasteiger partial charge < -0.3 is 10.1 Å². The molecule has 5 nitrogen and oxygen atoms in total. The molecule has 0 aliphatic heterocycles. The number of alkyl halides is 4. The minimum Gasteiger partial charge on any atom is -0.380 e. The van der Waals surface area contributed by atoms with E-state index in [4.69, 9.17) is 4.74 Å². The van der Waals surface area contributed by atoms with Crippen molar-refractivity contribution in [3.05, 3.63) is 65.7 Å². The molecule has 0 spiro atoms. The monoisotopic (exact) mass is 459 g/mol. The van der Waals surface area contributed by atoms with E-state index in [2.05, 4.69) is 5.32 Å². The molecule has 4 atom stereocenters. The maximum Gasteiger partial charge on any atom is 0.416 e. The summed E-state index contributed by atoms with van der Waals surface area (Å²) >= 11 is 0. The number of carbonyl (C=O) groups excluding carboxylic acids is 1. The van der Waals surface area contributed by atoms with Gasteiger partial charge in [-0.2, -0.15) is 13.2 Å². The van der Waals surface area contributed by atoms with Crippen LogP contribution >= 0.6 is 0 Å². The molecule has 31 heavy (non-hydrogen) atoms. The van der Waals surface area contributed by atoms with Crippen molar-refractivity contribution in [3.63, 3.8) is 0 Å². The Balaban J connectivity index is 1.82. The number of nitrogens with one attached hydrogen (secondary N) is 1. The lowest BCUT2D eigenvalue weighted by Crippen LogP contribution is -2.53. The highest BCUT2D eigenvalue weighted by molar-refractivity contribution is 7.92. The second-order valence-corrected chi connectivity index (χ2v) is 9.44. The normalized spacial score (nSPS) is 24.5. The van der Waals surface area contributed by atoms with Gasteiger partial charge in [0.1, 0.15) is 11.4 Å². The first-order chi connectivity index (χ1) is 14.5. The Kier molecular flexibility index (Phi) is 6.70. The number of methoxy groups -OCH3 is 1. The number of hydrogen-bond acceptors (Lipinski definition) is 4. The smallest absolute Gasteiger partial charge is 0.380 e. The SMILES string of the molecule is COC1CC(NC(=O)c2ccccc2)CC(F)C1S(=O)(=O)c1cccc(C(F)(F)F)c1. The molecule has 168 valence electrons. The Bertz CT molecular complexity index is 1030. The third-order valence-electron chi connectivity index (χ3n) is 5.27. The zero-order chi connectivity index (χ0) is 22.8. The van der Waals surface area contributed by atoms with Gasteiger partial charge in [0.15, 0.2) is 9.84 Å². The molecule has 0 bridgehead atoms. The van der Waals surface area contributed by atoms with E-state index < -0.39 is 55.9 Å². The lowest BCUT2D eigenvalue weighted by molar-refractivity contribution is -0.137. The van der Waals surface area contributed by atoms with Gasteiger partial charge in [-0.25, -0.2) is 12.8 Å². The van der Waals surface area contributed by atoms with Gasteiger partial charge >= 0.3 is 6.18 Å². The fourth-order valence-electron chi connectivity index (χ4n) is 3.76. The number of carbonyl (C=O) groups is 1. The summed E-state index contributed by atoms with van der Waals surface area (Å²) in [6.07, 6.45) is -8.14. The van der Waals surface area contributed by atoms with Gasteiger partial charge in [0, 0.05) is 25.1 Å². The molecule has 1 aliphatic carbocycles. The molecule has 10 heteroatoms. The van der Waals surface area contributed by atoms with Crippen molar-refractivity contribution in [3.8, 4) is 0 Å². The molecule has 1 amide bonds. The second-order valence-electron chi connectivity index (χ2n) is 7.33. The minimum atomic E-state index is -4.74. The van der Waals surface area contributed by atoms with Gasteiger partial charge in [0.2, 0.25) is 0 Å². The van der Waals surface area contributed by atoms with Gasteiger partial charge in [-0.15, -0.1) is 0 Å². The molecule has 1 fully saturated rings. The van der Waals surface area contributed by atoms with E-state index in [0.717, 1.165) is 18.2 Å². The van der Waals surface area contributed by atoms with E-state index in [1.807, 2.05) is 0 Å². The van der Waals surface area contributed by atoms with Crippen LogP contribution in [0.3, 0.4) is 0 Å². The third kappa shape index (κ3) is 5.07. The van der Waals surface area contributed by atoms with Crippen LogP contribution in [-0.4, -0.2) is 45.0 Å². The Labute approximate surface area is 177 Å². The standard InChI is InChI=1S/C21H21F4NO4S/c1-30-18-12-15(26-20(27)13-6-3-2-4-7-13)11-17(22)19(18)31(28,29)16-9-5-8-14(10-16)21(23,24)25/h2-10,15,17-19H,11-12H2,1H3,(H,26,27). The Morgan fingerprint density at radius 1 is 1.06 bits per heavy atom. The summed E-state index contributed by atoms with van der Waals surface area (Å²) in [5, 5.41) is 0.979. The summed E-state index contributed by atoms with van der Waals surface area (Å²) in [7, 11) is -3.27. The molecule has 4 unspecified atom stereocenters. The zero-order valence-corrected chi connectivity index (χ0v) is 17.3. The Morgan fingerprint density at radius 2 is 1.74 bits per heavy atom. The number of benzene rings is 2. The molecule has 1 aliphatic rings. The third-order valence-corrected chi connectivity index (χ3v) is 7.50. The molecule has 0 aromatic heterocycles. The van der Waals surface area contributed by atoms with E-state index in [-0.39, 0.29) is 12.8 Å². The van der Waals surface area contributed by atoms with Crippen molar-refractivity contribution in [2.45, 2.75) is 47.5 Å². The van der Waals surface area contributed by atoms with Crippen LogP contribution in [0.2, 0.25) is 0 Å². The average Bonchev–Trinajstić information content (AvgIpc) is 2.73. The number of hydrogen-bond donors (Lipinski definition) is 1. The summed E-state index contributed by atoms with van der Waals surface area (Å²) in [6.45, 7) is 0. The summed E-state index contributed by atoms with van der Waals surface area (Å²) in [4.78, 5) is 11.7. The van der Waals surface area contributed by atoms with Gasteiger partial charge in [0.25, 0.3) is 5.91 Å². The topological polar surface area (TPSA) is 72.5 Å². The number of rotatable bonds is 5. The molecule has 2 aromatic carbocycles. The van der Waals surface area contributed by atoms with Gasteiger partial charge in [-0.1, -0.05) is 24.3 Å². The van der Waals surface area contributed by atoms with Gasteiger partial charge in [0.05, 0.1) is 16.6 Å². The first kappa shape index (κ1) is 23.2. The van der Waals surface area contributed by atoms with Crippen LogP contribution in [0.5, 0.6) is 0 Å². The highest BCUT2D eigenvalue weighted by Gasteiger charge is 2.47. The number of sulfone groups is 1. The van der Waals surface area contributed by atoms with Crippen LogP contribution in [0.4, 0.5) is 17.6 Å². The fraction of sp³-hybridized carbons (Fsp3) is 0.381. The summed E-state index contributed by atoms with van der Waals surface area (Å²) in [5.41, 5.74) is -0.771. The average molecular weight is 459 g/mol. The molecule has 0 radical (unpaired) electrons. The molecule has 1 saturated carbocycles. The quantitative estimate of drug-likeness (QED) is 0.691. The largest absolute Gasteiger partial charge is 0.416 e. The second kappa shape index (κ2) is 8.96. The first-order valence-electron chi connectivity index (χ1n) is 9.48. The minimum absolute atomic E-state index is 0.00164. The highest BCUT2D eigenvalue weighted by atomic mass is 32.2. The van der Waals surface area contributed by atoms with E-state index in [0.29, 0.717) is 11.6 Å². The summed E-state index contributed by atoms with van der Waals surface area (Å²) in [6, 6.07) is 10.8. The Hall–Kier alpha value is -2.46. The number of ether oxygens (including phenoxy) is 1. The molecule has 1 N–H and O–H groups in total. The predicted octanol–water partition coefficient (Wildman–Crippen LogP) is 3.79. The lowest BCUT2D eigenvalue weighted by atomic mass is 9.90. The molecule has 3 rings (SSSR count). The number of amides is 1. The van der Waals surface area contributed by atoms with Crippen LogP contribution in [0, 0.1) is 0 Å². The summed E-state index contributed by atoms with van der Waals surface area (Å²) < 4.78 is 85.3. The molecule has 0 heterocycles. The van der Waals surface area contributed by atoms with Crippen molar-refractivity contribution in [1.82, 2.24) is 5.32 Å². The maximum absolute atomic E-state index is 15.1. The zero-order valence-electron chi connectivity index (χ0n) is 16.5. The number of halogens is 4. The fourth-order valence-corrected chi connectivity index (χ4v) is 5.75. The van der Waals surface area contributed by atoms with Crippen molar-refractivity contribution < 1.29 is 35.5 Å². The molecular weight excluding hydrogens is 438 g/mol. The van der Waals surface area contributed by atoms with E-state index in [9.17, 15) is 26.4 Å². The molecule has 0 saturated heterocycles. The maximum atomic E-state index is 15.1. The van der Waals surface area contributed by atoms with Crippen LogP contribution in [-0.2, 0) is 20.8 Å².